The first kappa shape index (κ1) is 18.3. The highest BCUT2D eigenvalue weighted by molar-refractivity contribution is 9.10. The zero-order chi connectivity index (χ0) is 16.8. The minimum atomic E-state index is -0.524. The van der Waals surface area contributed by atoms with Crippen molar-refractivity contribution in [1.82, 2.24) is 4.90 Å². The van der Waals surface area contributed by atoms with Crippen molar-refractivity contribution in [2.75, 3.05) is 13.1 Å². The molecule has 4 heteroatoms. The van der Waals surface area contributed by atoms with Crippen LogP contribution in [-0.2, 0) is 4.74 Å². The van der Waals surface area contributed by atoms with Crippen molar-refractivity contribution in [2.45, 2.75) is 33.3 Å². The highest BCUT2D eigenvalue weighted by atomic mass is 79.9. The summed E-state index contributed by atoms with van der Waals surface area (Å²) in [6, 6.07) is 7.72. The first-order valence-corrected chi connectivity index (χ1v) is 7.83. The molecule has 0 unspecified atom stereocenters. The van der Waals surface area contributed by atoms with Crippen LogP contribution in [0.4, 0.5) is 4.79 Å². The van der Waals surface area contributed by atoms with Gasteiger partial charge in [-0.25, -0.2) is 4.79 Å². The van der Waals surface area contributed by atoms with E-state index in [1.165, 1.54) is 0 Å². The van der Waals surface area contributed by atoms with Crippen molar-refractivity contribution in [1.29, 1.82) is 0 Å². The third-order valence-electron chi connectivity index (χ3n) is 2.46. The number of benzene rings is 1. The molecule has 0 aliphatic carbocycles. The number of amides is 1. The van der Waals surface area contributed by atoms with Crippen molar-refractivity contribution in [3.05, 3.63) is 46.5 Å². The van der Waals surface area contributed by atoms with E-state index in [1.54, 1.807) is 4.90 Å². The van der Waals surface area contributed by atoms with Crippen LogP contribution < -0.4 is 0 Å². The van der Waals surface area contributed by atoms with Gasteiger partial charge >= 0.3 is 6.09 Å². The molecule has 0 spiro atoms. The summed E-state index contributed by atoms with van der Waals surface area (Å²) in [5, 5.41) is 0. The SMILES string of the molecule is C=C(C)CN(CC#Cc1ccc(Br)cc1)C(=O)OC(C)(C)C. The zero-order valence-corrected chi connectivity index (χ0v) is 15.2. The maximum Gasteiger partial charge on any atom is 0.411 e. The third-order valence-corrected chi connectivity index (χ3v) is 2.99. The minimum absolute atomic E-state index is 0.303. The monoisotopic (exact) mass is 363 g/mol. The summed E-state index contributed by atoms with van der Waals surface area (Å²) in [5.74, 6) is 6.06. The van der Waals surface area contributed by atoms with E-state index in [0.29, 0.717) is 13.1 Å². The van der Waals surface area contributed by atoms with E-state index in [9.17, 15) is 4.79 Å². The molecular formula is C18H22BrNO2. The number of halogens is 1. The van der Waals surface area contributed by atoms with Gasteiger partial charge in [0.05, 0.1) is 6.54 Å². The van der Waals surface area contributed by atoms with Gasteiger partial charge in [-0.3, -0.25) is 4.90 Å². The van der Waals surface area contributed by atoms with E-state index in [1.807, 2.05) is 52.0 Å². The van der Waals surface area contributed by atoms with E-state index in [-0.39, 0.29) is 6.09 Å². The van der Waals surface area contributed by atoms with Gasteiger partial charge in [0.15, 0.2) is 0 Å². The van der Waals surface area contributed by atoms with E-state index in [0.717, 1.165) is 15.6 Å². The normalized spacial score (nSPS) is 10.4. The van der Waals surface area contributed by atoms with Gasteiger partial charge in [0.25, 0.3) is 0 Å². The Kier molecular flexibility index (Phi) is 6.70. The molecule has 1 rings (SSSR count). The van der Waals surface area contributed by atoms with Gasteiger partial charge in [-0.05, 0) is 52.0 Å². The molecule has 118 valence electrons. The molecule has 3 nitrogen and oxygen atoms in total. The van der Waals surface area contributed by atoms with Gasteiger partial charge in [0.2, 0.25) is 0 Å². The fraction of sp³-hybridized carbons (Fsp3) is 0.389. The molecule has 0 bridgehead atoms. The molecule has 0 aliphatic heterocycles. The molecular weight excluding hydrogens is 342 g/mol. The molecule has 0 radical (unpaired) electrons. The van der Waals surface area contributed by atoms with Gasteiger partial charge in [-0.15, -0.1) is 0 Å². The predicted molar refractivity (Wildman–Crippen MR) is 93.6 cm³/mol. The van der Waals surface area contributed by atoms with Crippen molar-refractivity contribution >= 4 is 22.0 Å². The van der Waals surface area contributed by atoms with Crippen LogP contribution in [0.15, 0.2) is 40.9 Å². The summed E-state index contributed by atoms with van der Waals surface area (Å²) in [4.78, 5) is 13.7. The van der Waals surface area contributed by atoms with Crippen LogP contribution in [0.25, 0.3) is 0 Å². The lowest BCUT2D eigenvalue weighted by molar-refractivity contribution is 0.0291. The van der Waals surface area contributed by atoms with Gasteiger partial charge < -0.3 is 4.74 Å². The molecule has 0 heterocycles. The third kappa shape index (κ3) is 7.33. The number of hydrogen-bond acceptors (Lipinski definition) is 2. The first-order valence-electron chi connectivity index (χ1n) is 7.04. The Bertz CT molecular complexity index is 588. The summed E-state index contributed by atoms with van der Waals surface area (Å²) in [6.07, 6.45) is -0.374. The average Bonchev–Trinajstić information content (AvgIpc) is 2.37. The Morgan fingerprint density at radius 1 is 1.32 bits per heavy atom. The maximum absolute atomic E-state index is 12.2. The molecule has 0 atom stereocenters. The quantitative estimate of drug-likeness (QED) is 0.579. The van der Waals surface area contributed by atoms with Gasteiger partial charge in [0.1, 0.15) is 5.60 Å². The molecule has 1 amide bonds. The molecule has 0 fully saturated rings. The van der Waals surface area contributed by atoms with E-state index < -0.39 is 5.60 Å². The largest absolute Gasteiger partial charge is 0.444 e. The fourth-order valence-corrected chi connectivity index (χ4v) is 1.87. The zero-order valence-electron chi connectivity index (χ0n) is 13.6. The van der Waals surface area contributed by atoms with Crippen molar-refractivity contribution in [2.24, 2.45) is 0 Å². The Morgan fingerprint density at radius 2 is 1.91 bits per heavy atom. The molecule has 0 N–H and O–H groups in total. The molecule has 0 aromatic heterocycles. The second-order valence-electron chi connectivity index (χ2n) is 6.10. The van der Waals surface area contributed by atoms with E-state index in [2.05, 4.69) is 34.3 Å². The predicted octanol–water partition coefficient (Wildman–Crippen LogP) is 4.61. The molecule has 0 saturated heterocycles. The van der Waals surface area contributed by atoms with Crippen molar-refractivity contribution in [3.8, 4) is 11.8 Å². The number of carbonyl (C=O) groups excluding carboxylic acids is 1. The van der Waals surface area contributed by atoms with Crippen LogP contribution in [-0.4, -0.2) is 29.7 Å². The molecule has 1 aromatic rings. The van der Waals surface area contributed by atoms with E-state index >= 15 is 0 Å². The summed E-state index contributed by atoms with van der Waals surface area (Å²) >= 11 is 3.38. The van der Waals surface area contributed by atoms with Gasteiger partial charge in [0, 0.05) is 16.6 Å². The van der Waals surface area contributed by atoms with Gasteiger partial charge in [-0.2, -0.15) is 0 Å². The lowest BCUT2D eigenvalue weighted by Gasteiger charge is -2.26. The topological polar surface area (TPSA) is 29.5 Å². The average molecular weight is 364 g/mol. The summed E-state index contributed by atoms with van der Waals surface area (Å²) in [7, 11) is 0. The van der Waals surface area contributed by atoms with Crippen LogP contribution in [0.2, 0.25) is 0 Å². The van der Waals surface area contributed by atoms with Crippen molar-refractivity contribution < 1.29 is 9.53 Å². The molecule has 0 aliphatic rings. The lowest BCUT2D eigenvalue weighted by Crippen LogP contribution is -2.38. The summed E-state index contributed by atoms with van der Waals surface area (Å²) in [5.41, 5.74) is 1.27. The minimum Gasteiger partial charge on any atom is -0.444 e. The molecule has 1 aromatic carbocycles. The number of nitrogens with zero attached hydrogens (tertiary/aromatic N) is 1. The van der Waals surface area contributed by atoms with Crippen LogP contribution in [0.3, 0.4) is 0 Å². The summed E-state index contributed by atoms with van der Waals surface area (Å²) in [6.45, 7) is 12.0. The second kappa shape index (κ2) is 8.05. The summed E-state index contributed by atoms with van der Waals surface area (Å²) < 4.78 is 6.40. The van der Waals surface area contributed by atoms with Crippen molar-refractivity contribution in [3.63, 3.8) is 0 Å². The Labute approximate surface area is 141 Å². The highest BCUT2D eigenvalue weighted by Crippen LogP contribution is 2.11. The smallest absolute Gasteiger partial charge is 0.411 e. The maximum atomic E-state index is 12.2. The van der Waals surface area contributed by atoms with Crippen LogP contribution >= 0.6 is 15.9 Å². The molecule has 22 heavy (non-hydrogen) atoms. The van der Waals surface area contributed by atoms with E-state index in [4.69, 9.17) is 4.74 Å². The lowest BCUT2D eigenvalue weighted by atomic mass is 10.2. The highest BCUT2D eigenvalue weighted by Gasteiger charge is 2.21. The first-order chi connectivity index (χ1) is 10.2. The molecule has 0 saturated carbocycles. The van der Waals surface area contributed by atoms with Crippen LogP contribution in [0, 0.1) is 11.8 Å². The Hall–Kier alpha value is -1.73. The second-order valence-corrected chi connectivity index (χ2v) is 7.02. The number of ether oxygens (including phenoxy) is 1. The van der Waals surface area contributed by atoms with Crippen LogP contribution in [0.5, 0.6) is 0 Å². The van der Waals surface area contributed by atoms with Gasteiger partial charge in [-0.1, -0.05) is 39.9 Å². The Morgan fingerprint density at radius 3 is 2.41 bits per heavy atom. The fourth-order valence-electron chi connectivity index (χ4n) is 1.61. The number of carbonyl (C=O) groups is 1. The number of hydrogen-bond donors (Lipinski definition) is 0. The standard InChI is InChI=1S/C18H22BrNO2/c1-14(2)13-20(17(21)22-18(3,4)5)12-6-7-15-8-10-16(19)11-9-15/h8-11H,1,12-13H2,2-5H3. The van der Waals surface area contributed by atoms with Crippen LogP contribution in [0.1, 0.15) is 33.3 Å². The number of rotatable bonds is 3. The Balaban J connectivity index is 2.75.